The molecule has 0 amide bonds. The third-order valence-corrected chi connectivity index (χ3v) is 5.81. The zero-order chi connectivity index (χ0) is 21.3. The van der Waals surface area contributed by atoms with E-state index in [4.69, 9.17) is 11.5 Å². The molecule has 2 heteroatoms. The van der Waals surface area contributed by atoms with Gasteiger partial charge in [-0.15, -0.1) is 0 Å². The van der Waals surface area contributed by atoms with Crippen LogP contribution in [0.1, 0.15) is 156 Å². The molecule has 2 atom stereocenters. The van der Waals surface area contributed by atoms with E-state index in [0.717, 1.165) is 6.42 Å². The van der Waals surface area contributed by atoms with E-state index in [-0.39, 0.29) is 0 Å². The van der Waals surface area contributed by atoms with Crippen LogP contribution in [0.15, 0.2) is 0 Å². The molecule has 0 aromatic carbocycles. The summed E-state index contributed by atoms with van der Waals surface area (Å²) in [6.45, 7) is 8.96. The number of unbranched alkanes of at least 4 members (excludes halogenated alkanes) is 13. The molecule has 0 rings (SSSR count). The molecule has 2 nitrogen and oxygen atoms in total. The van der Waals surface area contributed by atoms with Crippen molar-refractivity contribution >= 4 is 0 Å². The lowest BCUT2D eigenvalue weighted by atomic mass is 10.0. The first-order valence-corrected chi connectivity index (χ1v) is 13.1. The normalized spacial score (nSPS) is 13.1. The molecule has 0 saturated carbocycles. The van der Waals surface area contributed by atoms with Crippen LogP contribution in [-0.2, 0) is 0 Å². The Hall–Kier alpha value is -0.0800. The fourth-order valence-corrected chi connectivity index (χ4v) is 3.56. The van der Waals surface area contributed by atoms with Gasteiger partial charge < -0.3 is 11.5 Å². The predicted molar refractivity (Wildman–Crippen MR) is 131 cm³/mol. The highest BCUT2D eigenvalue weighted by atomic mass is 14.6. The molecule has 0 saturated heterocycles. The molecular formula is C26H58N2. The Morgan fingerprint density at radius 1 is 0.393 bits per heavy atom. The predicted octanol–water partition coefficient (Wildman–Crippen LogP) is 8.51. The summed E-state index contributed by atoms with van der Waals surface area (Å²) < 4.78 is 0. The van der Waals surface area contributed by atoms with Gasteiger partial charge in [0.15, 0.2) is 0 Å². The van der Waals surface area contributed by atoms with Crippen molar-refractivity contribution in [3.05, 3.63) is 0 Å². The van der Waals surface area contributed by atoms with E-state index in [1.54, 1.807) is 0 Å². The summed E-state index contributed by atoms with van der Waals surface area (Å²) in [5.41, 5.74) is 11.9. The summed E-state index contributed by atoms with van der Waals surface area (Å²) in [7, 11) is 0. The van der Waals surface area contributed by atoms with Crippen molar-refractivity contribution in [1.82, 2.24) is 0 Å². The van der Waals surface area contributed by atoms with Crippen LogP contribution in [-0.4, -0.2) is 12.1 Å². The molecule has 0 fully saturated rings. The Bertz CT molecular complexity index is 255. The van der Waals surface area contributed by atoms with Gasteiger partial charge in [-0.25, -0.2) is 0 Å². The molecule has 28 heavy (non-hydrogen) atoms. The molecule has 0 heterocycles. The van der Waals surface area contributed by atoms with Gasteiger partial charge in [-0.3, -0.25) is 0 Å². The average Bonchev–Trinajstić information content (AvgIpc) is 2.70. The standard InChI is InChI=1S/C14H31N.C12H27N/c1-3-5-7-9-11-13-14(15)12-10-8-6-4-2;1-3-5-6-7-8-9-10-11-12(13)4-2/h14H,3-13,15H2,1-2H3;12H,3-11,13H2,1-2H3. The lowest BCUT2D eigenvalue weighted by Gasteiger charge is -2.10. The second kappa shape index (κ2) is 26.9. The second-order valence-corrected chi connectivity index (χ2v) is 8.89. The average molecular weight is 399 g/mol. The molecule has 172 valence electrons. The summed E-state index contributed by atoms with van der Waals surface area (Å²) in [6, 6.07) is 0.930. The van der Waals surface area contributed by atoms with E-state index in [2.05, 4.69) is 27.7 Å². The molecule has 0 radical (unpaired) electrons. The van der Waals surface area contributed by atoms with Crippen molar-refractivity contribution in [3.8, 4) is 0 Å². The molecule has 0 aliphatic heterocycles. The smallest absolute Gasteiger partial charge is 0.00388 e. The number of hydrogen-bond acceptors (Lipinski definition) is 2. The van der Waals surface area contributed by atoms with E-state index in [1.807, 2.05) is 0 Å². The van der Waals surface area contributed by atoms with Crippen molar-refractivity contribution < 1.29 is 0 Å². The molecule has 0 aromatic heterocycles. The van der Waals surface area contributed by atoms with Gasteiger partial charge in [0.2, 0.25) is 0 Å². The van der Waals surface area contributed by atoms with Crippen LogP contribution in [0.25, 0.3) is 0 Å². The topological polar surface area (TPSA) is 52.0 Å². The van der Waals surface area contributed by atoms with Gasteiger partial charge in [0, 0.05) is 12.1 Å². The Morgan fingerprint density at radius 2 is 0.679 bits per heavy atom. The van der Waals surface area contributed by atoms with Crippen molar-refractivity contribution in [2.24, 2.45) is 11.5 Å². The maximum Gasteiger partial charge on any atom is 0.00388 e. The Kier molecular flexibility index (Phi) is 29.0. The van der Waals surface area contributed by atoms with Gasteiger partial charge in [-0.05, 0) is 25.7 Å². The monoisotopic (exact) mass is 398 g/mol. The van der Waals surface area contributed by atoms with Crippen LogP contribution in [0.5, 0.6) is 0 Å². The highest BCUT2D eigenvalue weighted by molar-refractivity contribution is 4.61. The van der Waals surface area contributed by atoms with Crippen molar-refractivity contribution in [2.45, 2.75) is 168 Å². The minimum absolute atomic E-state index is 0.454. The Labute approximate surface area is 180 Å². The quantitative estimate of drug-likeness (QED) is 0.202. The molecular weight excluding hydrogens is 340 g/mol. The molecule has 4 N–H and O–H groups in total. The minimum atomic E-state index is 0.454. The zero-order valence-electron chi connectivity index (χ0n) is 20.5. The lowest BCUT2D eigenvalue weighted by molar-refractivity contribution is 0.490. The highest BCUT2D eigenvalue weighted by Gasteiger charge is 2.01. The van der Waals surface area contributed by atoms with E-state index in [1.165, 1.54) is 122 Å². The molecule has 0 aliphatic carbocycles. The molecule has 0 spiro atoms. The van der Waals surface area contributed by atoms with Crippen molar-refractivity contribution in [2.75, 3.05) is 0 Å². The molecule has 0 aliphatic rings. The number of nitrogens with two attached hydrogens (primary N) is 2. The third-order valence-electron chi connectivity index (χ3n) is 5.81. The van der Waals surface area contributed by atoms with E-state index < -0.39 is 0 Å². The van der Waals surface area contributed by atoms with Crippen LogP contribution < -0.4 is 11.5 Å². The van der Waals surface area contributed by atoms with Gasteiger partial charge in [-0.2, -0.15) is 0 Å². The first-order chi connectivity index (χ1) is 13.6. The van der Waals surface area contributed by atoms with Gasteiger partial charge in [0.25, 0.3) is 0 Å². The SMILES string of the molecule is CCCCCCCC(N)CCCCCC.CCCCCCCCCC(N)CC. The summed E-state index contributed by atoms with van der Waals surface area (Å²) >= 11 is 0. The van der Waals surface area contributed by atoms with Crippen LogP contribution >= 0.6 is 0 Å². The van der Waals surface area contributed by atoms with E-state index in [9.17, 15) is 0 Å². The van der Waals surface area contributed by atoms with Gasteiger partial charge in [0.05, 0.1) is 0 Å². The first-order valence-electron chi connectivity index (χ1n) is 13.1. The number of rotatable bonds is 20. The Morgan fingerprint density at radius 3 is 1.04 bits per heavy atom. The fraction of sp³-hybridized carbons (Fsp3) is 1.00. The van der Waals surface area contributed by atoms with Crippen LogP contribution in [0, 0.1) is 0 Å². The maximum absolute atomic E-state index is 6.07. The Balaban J connectivity index is 0. The molecule has 0 bridgehead atoms. The molecule has 0 aromatic rings. The van der Waals surface area contributed by atoms with Gasteiger partial charge in [0.1, 0.15) is 0 Å². The summed E-state index contributed by atoms with van der Waals surface area (Å²) in [4.78, 5) is 0. The number of hydrogen-bond donors (Lipinski definition) is 2. The van der Waals surface area contributed by atoms with Gasteiger partial charge in [-0.1, -0.05) is 130 Å². The highest BCUT2D eigenvalue weighted by Crippen LogP contribution is 2.11. The molecule has 2 unspecified atom stereocenters. The summed E-state index contributed by atoms with van der Waals surface area (Å²) in [6.07, 6.45) is 26.9. The van der Waals surface area contributed by atoms with Crippen LogP contribution in [0.2, 0.25) is 0 Å². The zero-order valence-corrected chi connectivity index (χ0v) is 20.5. The van der Waals surface area contributed by atoms with Crippen LogP contribution in [0.4, 0.5) is 0 Å². The van der Waals surface area contributed by atoms with E-state index in [0.29, 0.717) is 12.1 Å². The van der Waals surface area contributed by atoms with Crippen molar-refractivity contribution in [1.29, 1.82) is 0 Å². The first kappa shape index (κ1) is 30.1. The maximum atomic E-state index is 6.07. The minimum Gasteiger partial charge on any atom is -0.328 e. The van der Waals surface area contributed by atoms with Crippen LogP contribution in [0.3, 0.4) is 0 Å². The third kappa shape index (κ3) is 28.1. The lowest BCUT2D eigenvalue weighted by Crippen LogP contribution is -2.19. The summed E-state index contributed by atoms with van der Waals surface area (Å²) in [5.74, 6) is 0. The largest absolute Gasteiger partial charge is 0.328 e. The van der Waals surface area contributed by atoms with Crippen molar-refractivity contribution in [3.63, 3.8) is 0 Å². The second-order valence-electron chi connectivity index (χ2n) is 8.89. The summed E-state index contributed by atoms with van der Waals surface area (Å²) in [5, 5.41) is 0. The van der Waals surface area contributed by atoms with E-state index >= 15 is 0 Å². The van der Waals surface area contributed by atoms with Gasteiger partial charge >= 0.3 is 0 Å². The fourth-order valence-electron chi connectivity index (χ4n) is 3.56.